The molecular weight excluding hydrogens is 202 g/mol. The molecule has 16 heavy (non-hydrogen) atoms. The average Bonchev–Trinajstić information content (AvgIpc) is 2.28. The lowest BCUT2D eigenvalue weighted by atomic mass is 10.2. The molecule has 0 saturated heterocycles. The van der Waals surface area contributed by atoms with Gasteiger partial charge < -0.3 is 16.0 Å². The maximum atomic E-state index is 11.7. The number of para-hydroxylation sites is 2. The van der Waals surface area contributed by atoms with Crippen LogP contribution >= 0.6 is 0 Å². The van der Waals surface area contributed by atoms with E-state index in [9.17, 15) is 4.79 Å². The fourth-order valence-corrected chi connectivity index (χ4v) is 1.38. The first-order valence-corrected chi connectivity index (χ1v) is 5.39. The number of nitrogens with zero attached hydrogens (tertiary/aromatic N) is 1. The van der Waals surface area contributed by atoms with Crippen molar-refractivity contribution in [3.05, 3.63) is 24.3 Å². The molecule has 0 aliphatic carbocycles. The lowest BCUT2D eigenvalue weighted by Gasteiger charge is -2.18. The standard InChI is InChI=1S/C12H19N3O/c1-4-9(13)12(16)14-10-7-5-6-8-11(10)15(2)3/h5-9H,4,13H2,1-3H3,(H,14,16). The minimum atomic E-state index is -0.449. The highest BCUT2D eigenvalue weighted by Crippen LogP contribution is 2.23. The molecular formula is C12H19N3O. The van der Waals surface area contributed by atoms with Gasteiger partial charge in [-0.1, -0.05) is 19.1 Å². The molecule has 1 rings (SSSR count). The van der Waals surface area contributed by atoms with E-state index in [2.05, 4.69) is 5.32 Å². The Kier molecular flexibility index (Phi) is 4.31. The van der Waals surface area contributed by atoms with Crippen LogP contribution in [0, 0.1) is 0 Å². The van der Waals surface area contributed by atoms with Gasteiger partial charge in [0.1, 0.15) is 0 Å². The van der Waals surface area contributed by atoms with E-state index in [1.807, 2.05) is 50.2 Å². The molecule has 1 amide bonds. The number of hydrogen-bond acceptors (Lipinski definition) is 3. The molecule has 0 saturated carbocycles. The summed E-state index contributed by atoms with van der Waals surface area (Å²) in [5.74, 6) is -0.142. The lowest BCUT2D eigenvalue weighted by Crippen LogP contribution is -2.35. The van der Waals surface area contributed by atoms with E-state index < -0.39 is 6.04 Å². The monoisotopic (exact) mass is 221 g/mol. The number of rotatable bonds is 4. The van der Waals surface area contributed by atoms with Crippen molar-refractivity contribution < 1.29 is 4.79 Å². The van der Waals surface area contributed by atoms with Crippen LogP contribution in [0.15, 0.2) is 24.3 Å². The summed E-state index contributed by atoms with van der Waals surface area (Å²) in [7, 11) is 3.87. The quantitative estimate of drug-likeness (QED) is 0.808. The van der Waals surface area contributed by atoms with Crippen LogP contribution in [-0.4, -0.2) is 26.0 Å². The zero-order valence-electron chi connectivity index (χ0n) is 10.0. The van der Waals surface area contributed by atoms with E-state index in [1.165, 1.54) is 0 Å². The Morgan fingerprint density at radius 1 is 1.44 bits per heavy atom. The third-order valence-corrected chi connectivity index (χ3v) is 2.42. The van der Waals surface area contributed by atoms with Crippen LogP contribution in [0.5, 0.6) is 0 Å². The third kappa shape index (κ3) is 2.97. The van der Waals surface area contributed by atoms with Crippen molar-refractivity contribution in [1.29, 1.82) is 0 Å². The van der Waals surface area contributed by atoms with Crippen LogP contribution in [0.1, 0.15) is 13.3 Å². The Labute approximate surface area is 96.4 Å². The zero-order chi connectivity index (χ0) is 12.1. The first-order chi connectivity index (χ1) is 7.56. The summed E-state index contributed by atoms with van der Waals surface area (Å²) in [5.41, 5.74) is 7.43. The smallest absolute Gasteiger partial charge is 0.241 e. The average molecular weight is 221 g/mol. The molecule has 1 atom stereocenters. The third-order valence-electron chi connectivity index (χ3n) is 2.42. The minimum Gasteiger partial charge on any atom is -0.376 e. The zero-order valence-corrected chi connectivity index (χ0v) is 10.0. The Morgan fingerprint density at radius 2 is 2.06 bits per heavy atom. The molecule has 0 aromatic heterocycles. The number of benzene rings is 1. The van der Waals surface area contributed by atoms with Crippen LogP contribution < -0.4 is 16.0 Å². The first-order valence-electron chi connectivity index (χ1n) is 5.39. The van der Waals surface area contributed by atoms with Crippen molar-refractivity contribution in [3.8, 4) is 0 Å². The van der Waals surface area contributed by atoms with Gasteiger partial charge in [-0.15, -0.1) is 0 Å². The predicted octanol–water partition coefficient (Wildman–Crippen LogP) is 1.43. The van der Waals surface area contributed by atoms with Crippen molar-refractivity contribution in [2.75, 3.05) is 24.3 Å². The predicted molar refractivity (Wildman–Crippen MR) is 67.7 cm³/mol. The largest absolute Gasteiger partial charge is 0.376 e. The number of amides is 1. The second-order valence-corrected chi connectivity index (χ2v) is 3.92. The van der Waals surface area contributed by atoms with Crippen LogP contribution in [0.25, 0.3) is 0 Å². The van der Waals surface area contributed by atoms with Crippen molar-refractivity contribution >= 4 is 17.3 Å². The summed E-state index contributed by atoms with van der Waals surface area (Å²) in [5, 5.41) is 2.84. The van der Waals surface area contributed by atoms with E-state index in [1.54, 1.807) is 0 Å². The van der Waals surface area contributed by atoms with Crippen LogP contribution in [0.4, 0.5) is 11.4 Å². The molecule has 0 aliphatic rings. The van der Waals surface area contributed by atoms with Crippen LogP contribution in [-0.2, 0) is 4.79 Å². The van der Waals surface area contributed by atoms with Gasteiger partial charge in [-0.25, -0.2) is 0 Å². The summed E-state index contributed by atoms with van der Waals surface area (Å²) in [4.78, 5) is 13.6. The topological polar surface area (TPSA) is 58.4 Å². The fraction of sp³-hybridized carbons (Fsp3) is 0.417. The number of nitrogens with one attached hydrogen (secondary N) is 1. The molecule has 0 aliphatic heterocycles. The van der Waals surface area contributed by atoms with Gasteiger partial charge in [0.15, 0.2) is 0 Å². The molecule has 4 nitrogen and oxygen atoms in total. The number of hydrogen-bond donors (Lipinski definition) is 2. The van der Waals surface area contributed by atoms with Gasteiger partial charge in [0.05, 0.1) is 17.4 Å². The molecule has 0 radical (unpaired) electrons. The van der Waals surface area contributed by atoms with Gasteiger partial charge in [-0.3, -0.25) is 4.79 Å². The number of nitrogens with two attached hydrogens (primary N) is 1. The molecule has 1 unspecified atom stereocenters. The van der Waals surface area contributed by atoms with Crippen LogP contribution in [0.3, 0.4) is 0 Å². The lowest BCUT2D eigenvalue weighted by molar-refractivity contribution is -0.117. The molecule has 88 valence electrons. The minimum absolute atomic E-state index is 0.142. The Bertz CT molecular complexity index is 363. The van der Waals surface area contributed by atoms with Crippen molar-refractivity contribution in [2.24, 2.45) is 5.73 Å². The highest BCUT2D eigenvalue weighted by atomic mass is 16.2. The molecule has 4 heteroatoms. The highest BCUT2D eigenvalue weighted by molar-refractivity contribution is 5.97. The Balaban J connectivity index is 2.84. The number of anilines is 2. The van der Waals surface area contributed by atoms with Gasteiger partial charge >= 0.3 is 0 Å². The van der Waals surface area contributed by atoms with Crippen molar-refractivity contribution in [3.63, 3.8) is 0 Å². The molecule has 1 aromatic rings. The van der Waals surface area contributed by atoms with Gasteiger partial charge in [0.2, 0.25) is 5.91 Å². The first kappa shape index (κ1) is 12.5. The molecule has 0 spiro atoms. The normalized spacial score (nSPS) is 12.0. The summed E-state index contributed by atoms with van der Waals surface area (Å²) in [6, 6.07) is 7.20. The van der Waals surface area contributed by atoms with Gasteiger partial charge in [0, 0.05) is 14.1 Å². The molecule has 1 aromatic carbocycles. The van der Waals surface area contributed by atoms with E-state index in [-0.39, 0.29) is 5.91 Å². The SMILES string of the molecule is CCC(N)C(=O)Nc1ccccc1N(C)C. The second kappa shape index (κ2) is 5.51. The Hall–Kier alpha value is -1.55. The van der Waals surface area contributed by atoms with Crippen LogP contribution in [0.2, 0.25) is 0 Å². The second-order valence-electron chi connectivity index (χ2n) is 3.92. The van der Waals surface area contributed by atoms with Gasteiger partial charge in [-0.05, 0) is 18.6 Å². The Morgan fingerprint density at radius 3 is 2.62 bits per heavy atom. The summed E-state index contributed by atoms with van der Waals surface area (Å²) < 4.78 is 0. The maximum absolute atomic E-state index is 11.7. The fourth-order valence-electron chi connectivity index (χ4n) is 1.38. The van der Waals surface area contributed by atoms with Gasteiger partial charge in [0.25, 0.3) is 0 Å². The molecule has 0 bridgehead atoms. The summed E-state index contributed by atoms with van der Waals surface area (Å²) >= 11 is 0. The number of carbonyl (C=O) groups excluding carboxylic acids is 1. The van der Waals surface area contributed by atoms with Gasteiger partial charge in [-0.2, -0.15) is 0 Å². The highest BCUT2D eigenvalue weighted by Gasteiger charge is 2.13. The summed E-state index contributed by atoms with van der Waals surface area (Å²) in [6.07, 6.45) is 0.635. The number of carbonyl (C=O) groups is 1. The molecule has 3 N–H and O–H groups in total. The van der Waals surface area contributed by atoms with E-state index >= 15 is 0 Å². The van der Waals surface area contributed by atoms with Crippen molar-refractivity contribution in [2.45, 2.75) is 19.4 Å². The molecule has 0 fully saturated rings. The van der Waals surface area contributed by atoms with E-state index in [4.69, 9.17) is 5.73 Å². The van der Waals surface area contributed by atoms with E-state index in [0.29, 0.717) is 6.42 Å². The maximum Gasteiger partial charge on any atom is 0.241 e. The van der Waals surface area contributed by atoms with E-state index in [0.717, 1.165) is 11.4 Å². The molecule has 0 heterocycles. The summed E-state index contributed by atoms with van der Waals surface area (Å²) in [6.45, 7) is 1.89. The van der Waals surface area contributed by atoms with Crippen molar-refractivity contribution in [1.82, 2.24) is 0 Å².